The number of hydrogen-bond donors (Lipinski definition) is 1. The van der Waals surface area contributed by atoms with Crippen molar-refractivity contribution in [3.05, 3.63) is 29.3 Å². The highest BCUT2D eigenvalue weighted by molar-refractivity contribution is 6.29. The van der Waals surface area contributed by atoms with Gasteiger partial charge in [0.2, 0.25) is 11.8 Å². The van der Waals surface area contributed by atoms with E-state index in [4.69, 9.17) is 11.6 Å². The summed E-state index contributed by atoms with van der Waals surface area (Å²) in [6, 6.07) is 5.93. The van der Waals surface area contributed by atoms with Gasteiger partial charge in [-0.25, -0.2) is 0 Å². The summed E-state index contributed by atoms with van der Waals surface area (Å²) in [5.74, 6) is -0.611. The van der Waals surface area contributed by atoms with Crippen LogP contribution in [0.4, 0.5) is 5.69 Å². The molecule has 5 heteroatoms. The molecule has 0 aliphatic carbocycles. The van der Waals surface area contributed by atoms with Crippen molar-refractivity contribution in [3.8, 4) is 0 Å². The van der Waals surface area contributed by atoms with Crippen LogP contribution in [0, 0.1) is 0 Å². The average molecular weight is 297 g/mol. The van der Waals surface area contributed by atoms with Gasteiger partial charge >= 0.3 is 0 Å². The molecule has 4 nitrogen and oxygen atoms in total. The number of hydrogen-bond acceptors (Lipinski definition) is 2. The van der Waals surface area contributed by atoms with Gasteiger partial charge in [0.1, 0.15) is 12.4 Å². The second-order valence-electron chi connectivity index (χ2n) is 4.42. The van der Waals surface area contributed by atoms with E-state index >= 15 is 0 Å². The number of benzene rings is 1. The van der Waals surface area contributed by atoms with Gasteiger partial charge in [0.05, 0.1) is 5.69 Å². The van der Waals surface area contributed by atoms with E-state index in [1.54, 1.807) is 7.05 Å². The zero-order valence-electron chi connectivity index (χ0n) is 12.2. The maximum absolute atomic E-state index is 12.1. The summed E-state index contributed by atoms with van der Waals surface area (Å²) in [5, 5.41) is 2.54. The highest BCUT2D eigenvalue weighted by atomic mass is 35.5. The second kappa shape index (κ2) is 7.90. The largest absolute Gasteiger partial charge is 0.358 e. The van der Waals surface area contributed by atoms with Gasteiger partial charge in [-0.1, -0.05) is 32.0 Å². The van der Waals surface area contributed by atoms with Crippen LogP contribution >= 0.6 is 11.6 Å². The SMILES string of the molecule is CCc1cccc(CC)c1N(CC(=O)NC)C(=O)CCl. The van der Waals surface area contributed by atoms with Crippen LogP contribution in [0.25, 0.3) is 0 Å². The molecular formula is C15H21ClN2O2. The summed E-state index contributed by atoms with van der Waals surface area (Å²) in [5.41, 5.74) is 2.92. The van der Waals surface area contributed by atoms with Gasteiger partial charge in [0.15, 0.2) is 0 Å². The molecular weight excluding hydrogens is 276 g/mol. The average Bonchev–Trinajstić information content (AvgIpc) is 2.50. The van der Waals surface area contributed by atoms with E-state index in [2.05, 4.69) is 5.32 Å². The van der Waals surface area contributed by atoms with Crippen molar-refractivity contribution in [2.75, 3.05) is 24.4 Å². The maximum atomic E-state index is 12.1. The number of para-hydroxylation sites is 1. The standard InChI is InChI=1S/C15H21ClN2O2/c1-4-11-7-6-8-12(5-2)15(11)18(14(20)9-16)10-13(19)17-3/h6-8H,4-5,9-10H2,1-3H3,(H,17,19). The fraction of sp³-hybridized carbons (Fsp3) is 0.467. The first-order valence-corrected chi connectivity index (χ1v) is 7.30. The molecule has 0 unspecified atom stereocenters. The normalized spacial score (nSPS) is 10.2. The molecule has 1 aromatic rings. The van der Waals surface area contributed by atoms with Crippen LogP contribution in [0.3, 0.4) is 0 Å². The summed E-state index contributed by atoms with van der Waals surface area (Å²) in [7, 11) is 1.55. The maximum Gasteiger partial charge on any atom is 0.242 e. The van der Waals surface area contributed by atoms with Crippen LogP contribution in [0.2, 0.25) is 0 Å². The fourth-order valence-electron chi connectivity index (χ4n) is 2.15. The molecule has 1 aromatic carbocycles. The van der Waals surface area contributed by atoms with E-state index in [1.165, 1.54) is 4.90 Å². The smallest absolute Gasteiger partial charge is 0.242 e. The Bertz CT molecular complexity index is 467. The lowest BCUT2D eigenvalue weighted by Gasteiger charge is -2.26. The van der Waals surface area contributed by atoms with Crippen molar-refractivity contribution in [1.29, 1.82) is 0 Å². The lowest BCUT2D eigenvalue weighted by atomic mass is 10.0. The first-order chi connectivity index (χ1) is 9.58. The van der Waals surface area contributed by atoms with E-state index in [9.17, 15) is 9.59 Å². The molecule has 0 fully saturated rings. The fourth-order valence-corrected chi connectivity index (χ4v) is 2.29. The number of halogens is 1. The second-order valence-corrected chi connectivity index (χ2v) is 4.69. The summed E-state index contributed by atoms with van der Waals surface area (Å²) < 4.78 is 0. The molecule has 0 bridgehead atoms. The van der Waals surface area contributed by atoms with Crippen LogP contribution in [0.1, 0.15) is 25.0 Å². The van der Waals surface area contributed by atoms with Crippen LogP contribution in [0.15, 0.2) is 18.2 Å². The minimum atomic E-state index is -0.258. The predicted molar refractivity (Wildman–Crippen MR) is 82.3 cm³/mol. The topological polar surface area (TPSA) is 49.4 Å². The summed E-state index contributed by atoms with van der Waals surface area (Å²) in [6.45, 7) is 4.05. The minimum absolute atomic E-state index is 0.00787. The molecule has 0 aliphatic heterocycles. The molecule has 0 saturated carbocycles. The molecule has 110 valence electrons. The molecule has 0 radical (unpaired) electrons. The number of likely N-dealkylation sites (N-methyl/N-ethyl adjacent to an activating group) is 1. The number of carbonyl (C=O) groups excluding carboxylic acids is 2. The Morgan fingerprint density at radius 2 is 1.75 bits per heavy atom. The molecule has 0 spiro atoms. The number of amides is 2. The van der Waals surface area contributed by atoms with Crippen molar-refractivity contribution >= 4 is 29.1 Å². The van der Waals surface area contributed by atoms with Gasteiger partial charge in [-0.3, -0.25) is 9.59 Å². The molecule has 2 amide bonds. The molecule has 1 rings (SSSR count). The zero-order valence-corrected chi connectivity index (χ0v) is 13.0. The number of carbonyl (C=O) groups is 2. The number of anilines is 1. The first kappa shape index (κ1) is 16.5. The van der Waals surface area contributed by atoms with Crippen molar-refractivity contribution in [3.63, 3.8) is 0 Å². The third-order valence-electron chi connectivity index (χ3n) is 3.23. The molecule has 0 aromatic heterocycles. The van der Waals surface area contributed by atoms with Crippen LogP contribution in [-0.2, 0) is 22.4 Å². The first-order valence-electron chi connectivity index (χ1n) is 6.76. The van der Waals surface area contributed by atoms with E-state index < -0.39 is 0 Å². The Balaban J connectivity index is 3.31. The quantitative estimate of drug-likeness (QED) is 0.818. The molecule has 0 heterocycles. The number of aryl methyl sites for hydroxylation is 2. The van der Waals surface area contributed by atoms with E-state index in [0.29, 0.717) is 0 Å². The highest BCUT2D eigenvalue weighted by Gasteiger charge is 2.22. The van der Waals surface area contributed by atoms with E-state index in [-0.39, 0.29) is 24.2 Å². The number of nitrogens with one attached hydrogen (secondary N) is 1. The minimum Gasteiger partial charge on any atom is -0.358 e. The van der Waals surface area contributed by atoms with Gasteiger partial charge in [-0.15, -0.1) is 11.6 Å². The molecule has 0 saturated heterocycles. The molecule has 20 heavy (non-hydrogen) atoms. The third kappa shape index (κ3) is 3.73. The lowest BCUT2D eigenvalue weighted by Crippen LogP contribution is -2.41. The van der Waals surface area contributed by atoms with Gasteiger partial charge in [0, 0.05) is 7.05 Å². The van der Waals surface area contributed by atoms with Gasteiger partial charge in [0.25, 0.3) is 0 Å². The summed E-state index contributed by atoms with van der Waals surface area (Å²) in [4.78, 5) is 25.3. The van der Waals surface area contributed by atoms with Gasteiger partial charge in [-0.05, 0) is 24.0 Å². The number of rotatable bonds is 6. The number of nitrogens with zero attached hydrogens (tertiary/aromatic N) is 1. The van der Waals surface area contributed by atoms with Crippen LogP contribution < -0.4 is 10.2 Å². The van der Waals surface area contributed by atoms with Gasteiger partial charge < -0.3 is 10.2 Å². The highest BCUT2D eigenvalue weighted by Crippen LogP contribution is 2.27. The van der Waals surface area contributed by atoms with Crippen LogP contribution in [-0.4, -0.2) is 31.3 Å². The van der Waals surface area contributed by atoms with Gasteiger partial charge in [-0.2, -0.15) is 0 Å². The van der Waals surface area contributed by atoms with E-state index in [1.807, 2.05) is 32.0 Å². The Morgan fingerprint density at radius 3 is 2.15 bits per heavy atom. The Hall–Kier alpha value is -1.55. The zero-order chi connectivity index (χ0) is 15.1. The Kier molecular flexibility index (Phi) is 6.52. The number of alkyl halides is 1. The summed E-state index contributed by atoms with van der Waals surface area (Å²) in [6.07, 6.45) is 1.59. The molecule has 0 atom stereocenters. The Morgan fingerprint density at radius 1 is 1.20 bits per heavy atom. The summed E-state index contributed by atoms with van der Waals surface area (Å²) >= 11 is 5.69. The third-order valence-corrected chi connectivity index (χ3v) is 3.46. The predicted octanol–water partition coefficient (Wildman–Crippen LogP) is 2.13. The lowest BCUT2D eigenvalue weighted by molar-refractivity contribution is -0.122. The van der Waals surface area contributed by atoms with Crippen molar-refractivity contribution < 1.29 is 9.59 Å². The van der Waals surface area contributed by atoms with Crippen molar-refractivity contribution in [1.82, 2.24) is 5.32 Å². The molecule has 1 N–H and O–H groups in total. The van der Waals surface area contributed by atoms with Crippen molar-refractivity contribution in [2.24, 2.45) is 0 Å². The Labute approximate surface area is 125 Å². The van der Waals surface area contributed by atoms with E-state index in [0.717, 1.165) is 29.7 Å². The molecule has 0 aliphatic rings. The van der Waals surface area contributed by atoms with Crippen molar-refractivity contribution in [2.45, 2.75) is 26.7 Å². The monoisotopic (exact) mass is 296 g/mol. The van der Waals surface area contributed by atoms with Crippen LogP contribution in [0.5, 0.6) is 0 Å².